The molecule has 1 aliphatic rings. The monoisotopic (exact) mass is 295 g/mol. The molecule has 17 heavy (non-hydrogen) atoms. The zero-order valence-corrected chi connectivity index (χ0v) is 9.27. The van der Waals surface area contributed by atoms with Gasteiger partial charge < -0.3 is 19.5 Å². The molecule has 0 fully saturated rings. The molecule has 1 amide bonds. The average Bonchev–Trinajstić information content (AvgIpc) is 2.13. The molecular weight excluding hydrogens is 281 g/mol. The van der Waals surface area contributed by atoms with Crippen molar-refractivity contribution >= 4 is 67.6 Å². The van der Waals surface area contributed by atoms with Crippen molar-refractivity contribution in [2.24, 2.45) is 0 Å². The number of rotatable bonds is 2. The molecular formula is C7H14KNO7S. The number of aliphatic hydroxyl groups excluding tert-OH is 3. The molecule has 0 atom stereocenters. The summed E-state index contributed by atoms with van der Waals surface area (Å²) in [4.78, 5) is 10.4. The number of carbonyl (C=O) groups excluding carboxylic acids is 1. The molecule has 10 heteroatoms. The van der Waals surface area contributed by atoms with Crippen LogP contribution in [0.15, 0.2) is 11.8 Å². The Morgan fingerprint density at radius 1 is 1.41 bits per heavy atom. The van der Waals surface area contributed by atoms with Gasteiger partial charge in [-0.1, -0.05) is 0 Å². The number of amides is 1. The van der Waals surface area contributed by atoms with E-state index < -0.39 is 22.3 Å². The second-order valence-corrected chi connectivity index (χ2v) is 4.06. The van der Waals surface area contributed by atoms with Gasteiger partial charge >= 0.3 is 61.7 Å². The van der Waals surface area contributed by atoms with E-state index in [4.69, 9.17) is 15.3 Å². The first-order chi connectivity index (χ1) is 7.30. The molecule has 96 valence electrons. The molecule has 0 unspecified atom stereocenters. The van der Waals surface area contributed by atoms with Crippen molar-refractivity contribution in [1.29, 1.82) is 0 Å². The Bertz CT molecular complexity index is 362. The van der Waals surface area contributed by atoms with E-state index in [0.717, 1.165) is 6.08 Å². The molecule has 0 aromatic carbocycles. The van der Waals surface area contributed by atoms with E-state index in [0.29, 0.717) is 0 Å². The Morgan fingerprint density at radius 2 is 1.88 bits per heavy atom. The molecule has 0 aromatic heterocycles. The Morgan fingerprint density at radius 3 is 2.12 bits per heavy atom. The van der Waals surface area contributed by atoms with Gasteiger partial charge in [-0.05, 0) is 6.92 Å². The van der Waals surface area contributed by atoms with Crippen LogP contribution in [0.1, 0.15) is 6.92 Å². The maximum atomic E-state index is 10.5. The van der Waals surface area contributed by atoms with E-state index in [9.17, 15) is 13.2 Å². The first-order valence-corrected chi connectivity index (χ1v) is 5.56. The molecule has 1 aliphatic heterocycles. The van der Waals surface area contributed by atoms with Crippen LogP contribution in [-0.4, -0.2) is 100 Å². The predicted octanol–water partition coefficient (Wildman–Crippen LogP) is -3.04. The van der Waals surface area contributed by atoms with Gasteiger partial charge in [0.1, 0.15) is 11.9 Å². The van der Waals surface area contributed by atoms with E-state index in [1.807, 2.05) is 0 Å². The molecule has 0 bridgehead atoms. The van der Waals surface area contributed by atoms with E-state index >= 15 is 0 Å². The number of allylic oxidation sites excluding steroid dienone is 1. The molecule has 0 aliphatic carbocycles. The molecule has 4 N–H and O–H groups in total. The molecule has 0 spiro atoms. The summed E-state index contributed by atoms with van der Waals surface area (Å²) < 4.78 is 26.8. The van der Waals surface area contributed by atoms with Crippen molar-refractivity contribution in [3.05, 3.63) is 11.8 Å². The Balaban J connectivity index is 0. The number of carbonyl (C=O) groups is 1. The van der Waals surface area contributed by atoms with Crippen molar-refractivity contribution < 1.29 is 32.7 Å². The third-order valence-corrected chi connectivity index (χ3v) is 2.16. The zero-order chi connectivity index (χ0) is 12.8. The summed E-state index contributed by atoms with van der Waals surface area (Å²) in [5, 5.41) is 24.0. The van der Waals surface area contributed by atoms with Gasteiger partial charge in [-0.15, -0.1) is 0 Å². The van der Waals surface area contributed by atoms with Gasteiger partial charge in [0, 0.05) is 6.08 Å². The molecule has 1 heterocycles. The maximum absolute atomic E-state index is 10.5. The van der Waals surface area contributed by atoms with Crippen LogP contribution in [0.3, 0.4) is 0 Å². The van der Waals surface area contributed by atoms with Gasteiger partial charge in [-0.2, -0.15) is 8.42 Å². The van der Waals surface area contributed by atoms with Crippen molar-refractivity contribution in [2.45, 2.75) is 13.0 Å². The van der Waals surface area contributed by atoms with Gasteiger partial charge in [0.15, 0.2) is 0 Å². The molecule has 0 radical (unpaired) electrons. The summed E-state index contributed by atoms with van der Waals surface area (Å²) in [6, 6.07) is 0. The van der Waals surface area contributed by atoms with Gasteiger partial charge in [0.2, 0.25) is 0 Å². The predicted molar refractivity (Wildman–Crippen MR) is 59.2 cm³/mol. The quantitative estimate of drug-likeness (QED) is 0.398. The summed E-state index contributed by atoms with van der Waals surface area (Å²) in [6.45, 7) is 0.656. The van der Waals surface area contributed by atoms with Gasteiger partial charge in [-0.3, -0.25) is 4.79 Å². The van der Waals surface area contributed by atoms with Crippen LogP contribution in [0.25, 0.3) is 0 Å². The van der Waals surface area contributed by atoms with Gasteiger partial charge in [0.25, 0.3) is 5.91 Å². The zero-order valence-electron chi connectivity index (χ0n) is 8.45. The fourth-order valence-corrected chi connectivity index (χ4v) is 1.35. The number of nitrogens with one attached hydrogen (secondary N) is 1. The van der Waals surface area contributed by atoms with E-state index in [-0.39, 0.29) is 70.4 Å². The molecule has 0 saturated heterocycles. The summed E-state index contributed by atoms with van der Waals surface area (Å²) in [6.07, 6.45) is 0.103. The standard InChI is InChI=1S/C4H5NO4S.C3H8O3.K.H/c1-3-2-4(6)5-10(7,8)9-3;4-1-3(6)2-5;;/h2H,1H3,(H,5,6);3-6H,1-2H2;;. The van der Waals surface area contributed by atoms with Crippen LogP contribution >= 0.6 is 0 Å². The van der Waals surface area contributed by atoms with Gasteiger partial charge in [0.05, 0.1) is 13.2 Å². The third-order valence-electron chi connectivity index (χ3n) is 1.22. The molecule has 0 aromatic rings. The van der Waals surface area contributed by atoms with E-state index in [1.165, 1.54) is 6.92 Å². The van der Waals surface area contributed by atoms with Crippen LogP contribution in [0.2, 0.25) is 0 Å². The molecule has 1 rings (SSSR count). The first-order valence-electron chi connectivity index (χ1n) is 4.15. The minimum absolute atomic E-state index is 0. The van der Waals surface area contributed by atoms with Gasteiger partial charge in [-0.25, -0.2) is 4.72 Å². The number of hydrogen-bond donors (Lipinski definition) is 4. The number of aliphatic hydroxyl groups is 3. The van der Waals surface area contributed by atoms with Crippen molar-refractivity contribution in [1.82, 2.24) is 4.72 Å². The van der Waals surface area contributed by atoms with Crippen molar-refractivity contribution in [2.75, 3.05) is 13.2 Å². The molecule has 0 saturated carbocycles. The van der Waals surface area contributed by atoms with Crippen LogP contribution in [0, 0.1) is 0 Å². The third kappa shape index (κ3) is 10.1. The summed E-state index contributed by atoms with van der Waals surface area (Å²) >= 11 is 0. The Hall–Kier alpha value is 0.476. The van der Waals surface area contributed by atoms with Crippen molar-refractivity contribution in [3.8, 4) is 0 Å². The van der Waals surface area contributed by atoms with Crippen LogP contribution in [0.4, 0.5) is 0 Å². The van der Waals surface area contributed by atoms with Crippen molar-refractivity contribution in [3.63, 3.8) is 0 Å². The SMILES string of the molecule is CC1=CC(=O)NS(=O)(=O)O1.OCC(O)CO.[KH]. The van der Waals surface area contributed by atoms with E-state index in [2.05, 4.69) is 4.18 Å². The van der Waals surface area contributed by atoms with Crippen LogP contribution < -0.4 is 4.72 Å². The second-order valence-electron chi connectivity index (χ2n) is 2.78. The second kappa shape index (κ2) is 9.41. The number of hydrogen-bond acceptors (Lipinski definition) is 7. The van der Waals surface area contributed by atoms with E-state index in [1.54, 1.807) is 4.72 Å². The minimum atomic E-state index is -3.85. The Labute approximate surface area is 141 Å². The fraction of sp³-hybridized carbons (Fsp3) is 0.571. The Kier molecular flexibility index (Phi) is 11.0. The average molecular weight is 295 g/mol. The first kappa shape index (κ1) is 19.8. The van der Waals surface area contributed by atoms with Crippen LogP contribution in [0.5, 0.6) is 0 Å². The molecule has 8 nitrogen and oxygen atoms in total. The fourth-order valence-electron chi connectivity index (χ4n) is 0.613. The topological polar surface area (TPSA) is 133 Å². The summed E-state index contributed by atoms with van der Waals surface area (Å²) in [5.74, 6) is -0.604. The normalized spacial score (nSPS) is 16.8. The van der Waals surface area contributed by atoms with Crippen LogP contribution in [-0.2, 0) is 19.3 Å². The summed E-state index contributed by atoms with van der Waals surface area (Å²) in [5.41, 5.74) is 0. The summed E-state index contributed by atoms with van der Waals surface area (Å²) in [7, 11) is -3.85.